The molecule has 3 aromatic rings. The predicted octanol–water partition coefficient (Wildman–Crippen LogP) is 2.46. The summed E-state index contributed by atoms with van der Waals surface area (Å²) in [5.74, 6) is -0.0939. The summed E-state index contributed by atoms with van der Waals surface area (Å²) in [6.45, 7) is 0.995. The van der Waals surface area contributed by atoms with Crippen molar-refractivity contribution in [2.75, 3.05) is 13.1 Å². The van der Waals surface area contributed by atoms with E-state index in [4.69, 9.17) is 14.5 Å². The molecule has 0 aliphatic carbocycles. The number of halogens is 1. The van der Waals surface area contributed by atoms with Crippen molar-refractivity contribution in [2.24, 2.45) is 0 Å². The van der Waals surface area contributed by atoms with Crippen LogP contribution in [0.25, 0.3) is 11.0 Å². The molecule has 7 nitrogen and oxygen atoms in total. The number of fused-ring (bicyclic) bond motifs is 1. The summed E-state index contributed by atoms with van der Waals surface area (Å²) in [6, 6.07) is 9.38. The van der Waals surface area contributed by atoms with Crippen LogP contribution in [0, 0.1) is 17.1 Å². The zero-order valence-corrected chi connectivity index (χ0v) is 14.3. The van der Waals surface area contributed by atoms with E-state index < -0.39 is 5.82 Å². The highest BCUT2D eigenvalue weighted by molar-refractivity contribution is 5.86. The van der Waals surface area contributed by atoms with Gasteiger partial charge in [0, 0.05) is 30.6 Å². The maximum Gasteiger partial charge on any atom is 0.228 e. The summed E-state index contributed by atoms with van der Waals surface area (Å²) in [5.41, 5.74) is 1.34. The fourth-order valence-corrected chi connectivity index (χ4v) is 3.08. The predicted molar refractivity (Wildman–Crippen MR) is 92.2 cm³/mol. The average Bonchev–Trinajstić information content (AvgIpc) is 3.30. The minimum Gasteiger partial charge on any atom is -0.472 e. The van der Waals surface area contributed by atoms with Crippen LogP contribution in [-0.4, -0.2) is 40.1 Å². The quantitative estimate of drug-likeness (QED) is 0.704. The van der Waals surface area contributed by atoms with E-state index in [9.17, 15) is 9.18 Å². The minimum atomic E-state index is -0.399. The maximum atomic E-state index is 13.4. The average molecular weight is 366 g/mol. The van der Waals surface area contributed by atoms with Crippen molar-refractivity contribution < 1.29 is 18.4 Å². The SMILES string of the molecule is N#Cc1ccc(OC2CCN(C(=O)Cc3noc4ccc(F)cc34)C2)nc1. The molecule has 1 aromatic carbocycles. The lowest BCUT2D eigenvalue weighted by Gasteiger charge is -2.16. The van der Waals surface area contributed by atoms with E-state index in [-0.39, 0.29) is 18.4 Å². The molecule has 8 heteroatoms. The number of likely N-dealkylation sites (tertiary alicyclic amines) is 1. The zero-order chi connectivity index (χ0) is 18.8. The van der Waals surface area contributed by atoms with E-state index >= 15 is 0 Å². The smallest absolute Gasteiger partial charge is 0.228 e. The van der Waals surface area contributed by atoms with Gasteiger partial charge in [-0.3, -0.25) is 4.79 Å². The second kappa shape index (κ2) is 7.03. The molecule has 1 fully saturated rings. The first-order valence-electron chi connectivity index (χ1n) is 8.47. The Kier molecular flexibility index (Phi) is 4.42. The molecule has 0 N–H and O–H groups in total. The summed E-state index contributed by atoms with van der Waals surface area (Å²) in [4.78, 5) is 18.3. The molecule has 1 amide bonds. The molecule has 136 valence electrons. The van der Waals surface area contributed by atoms with Gasteiger partial charge in [-0.15, -0.1) is 0 Å². The highest BCUT2D eigenvalue weighted by atomic mass is 19.1. The van der Waals surface area contributed by atoms with Crippen molar-refractivity contribution in [3.8, 4) is 11.9 Å². The van der Waals surface area contributed by atoms with Crippen molar-refractivity contribution >= 4 is 16.9 Å². The number of benzene rings is 1. The number of carbonyl (C=O) groups is 1. The van der Waals surface area contributed by atoms with Crippen molar-refractivity contribution in [3.05, 3.63) is 53.6 Å². The summed E-state index contributed by atoms with van der Waals surface area (Å²) in [7, 11) is 0. The van der Waals surface area contributed by atoms with Crippen molar-refractivity contribution in [1.82, 2.24) is 15.0 Å². The van der Waals surface area contributed by atoms with Crippen molar-refractivity contribution in [2.45, 2.75) is 18.9 Å². The number of carbonyl (C=O) groups excluding carboxylic acids is 1. The zero-order valence-electron chi connectivity index (χ0n) is 14.3. The molecule has 0 spiro atoms. The standard InChI is InChI=1S/C19H15FN4O3/c20-13-2-3-17-15(7-13)16(23-27-17)8-19(25)24-6-5-14(11-24)26-18-4-1-12(9-21)10-22-18/h1-4,7,10,14H,5-6,8,11H2. The van der Waals surface area contributed by atoms with Gasteiger partial charge in [0.05, 0.1) is 18.5 Å². The van der Waals surface area contributed by atoms with Crippen LogP contribution in [-0.2, 0) is 11.2 Å². The lowest BCUT2D eigenvalue weighted by Crippen LogP contribution is -2.32. The van der Waals surface area contributed by atoms with Gasteiger partial charge in [0.1, 0.15) is 23.7 Å². The number of nitrogens with zero attached hydrogens (tertiary/aromatic N) is 4. The van der Waals surface area contributed by atoms with Crippen LogP contribution in [0.15, 0.2) is 41.1 Å². The monoisotopic (exact) mass is 366 g/mol. The third-order valence-corrected chi connectivity index (χ3v) is 4.48. The molecule has 0 radical (unpaired) electrons. The molecule has 1 aliphatic heterocycles. The Hall–Kier alpha value is -3.47. The minimum absolute atomic E-state index is 0.0400. The van der Waals surface area contributed by atoms with Crippen LogP contribution in [0.4, 0.5) is 4.39 Å². The Labute approximate surface area is 153 Å². The summed E-state index contributed by atoms with van der Waals surface area (Å²) < 4.78 is 24.4. The number of amides is 1. The van der Waals surface area contributed by atoms with Crippen LogP contribution < -0.4 is 4.74 Å². The molecule has 0 saturated carbocycles. The van der Waals surface area contributed by atoms with Gasteiger partial charge in [0.15, 0.2) is 5.58 Å². The van der Waals surface area contributed by atoms with E-state index in [0.29, 0.717) is 47.6 Å². The highest BCUT2D eigenvalue weighted by Crippen LogP contribution is 2.22. The molecule has 1 atom stereocenters. The normalized spacial score (nSPS) is 16.4. The Bertz CT molecular complexity index is 1030. The molecule has 2 aromatic heterocycles. The van der Waals surface area contributed by atoms with E-state index in [1.54, 1.807) is 17.0 Å². The lowest BCUT2D eigenvalue weighted by molar-refractivity contribution is -0.129. The number of hydrogen-bond acceptors (Lipinski definition) is 6. The van der Waals surface area contributed by atoms with E-state index in [2.05, 4.69) is 10.1 Å². The van der Waals surface area contributed by atoms with Gasteiger partial charge in [0.2, 0.25) is 11.8 Å². The molecule has 27 heavy (non-hydrogen) atoms. The van der Waals surface area contributed by atoms with Crippen molar-refractivity contribution in [1.29, 1.82) is 5.26 Å². The topological polar surface area (TPSA) is 92.2 Å². The largest absolute Gasteiger partial charge is 0.472 e. The number of ether oxygens (including phenoxy) is 1. The van der Waals surface area contributed by atoms with Gasteiger partial charge < -0.3 is 14.2 Å². The Morgan fingerprint density at radius 3 is 3.07 bits per heavy atom. The Balaban J connectivity index is 1.38. The maximum absolute atomic E-state index is 13.4. The van der Waals surface area contributed by atoms with Crippen LogP contribution in [0.2, 0.25) is 0 Å². The number of aromatic nitrogens is 2. The van der Waals surface area contributed by atoms with Crippen molar-refractivity contribution in [3.63, 3.8) is 0 Å². The summed E-state index contributed by atoms with van der Waals surface area (Å²) >= 11 is 0. The van der Waals surface area contributed by atoms with Gasteiger partial charge in [-0.05, 0) is 24.3 Å². The molecular formula is C19H15FN4O3. The Morgan fingerprint density at radius 2 is 2.30 bits per heavy atom. The number of hydrogen-bond donors (Lipinski definition) is 0. The second-order valence-electron chi connectivity index (χ2n) is 6.31. The van der Waals surface area contributed by atoms with E-state index in [1.807, 2.05) is 6.07 Å². The Morgan fingerprint density at radius 1 is 1.41 bits per heavy atom. The molecule has 1 aliphatic rings. The van der Waals surface area contributed by atoms with Gasteiger partial charge >= 0.3 is 0 Å². The van der Waals surface area contributed by atoms with E-state index in [0.717, 1.165) is 0 Å². The molecule has 1 unspecified atom stereocenters. The second-order valence-corrected chi connectivity index (χ2v) is 6.31. The first-order chi connectivity index (χ1) is 13.1. The molecular weight excluding hydrogens is 351 g/mol. The van der Waals surface area contributed by atoms with Gasteiger partial charge in [-0.2, -0.15) is 5.26 Å². The summed E-state index contributed by atoms with van der Waals surface area (Å²) in [6.07, 6.45) is 2.00. The first-order valence-corrected chi connectivity index (χ1v) is 8.47. The summed E-state index contributed by atoms with van der Waals surface area (Å²) in [5, 5.41) is 13.2. The number of pyridine rings is 1. The number of nitriles is 1. The molecule has 0 bridgehead atoms. The third-order valence-electron chi connectivity index (χ3n) is 4.48. The van der Waals surface area contributed by atoms with E-state index in [1.165, 1.54) is 24.4 Å². The fraction of sp³-hybridized carbons (Fsp3) is 0.263. The first kappa shape index (κ1) is 17.0. The van der Waals surface area contributed by atoms with Crippen LogP contribution in [0.3, 0.4) is 0 Å². The lowest BCUT2D eigenvalue weighted by atomic mass is 10.1. The van der Waals surface area contributed by atoms with Crippen LogP contribution >= 0.6 is 0 Å². The fourth-order valence-electron chi connectivity index (χ4n) is 3.08. The molecule has 3 heterocycles. The molecule has 1 saturated heterocycles. The van der Waals surface area contributed by atoms with Gasteiger partial charge in [-0.1, -0.05) is 5.16 Å². The number of rotatable bonds is 4. The highest BCUT2D eigenvalue weighted by Gasteiger charge is 2.28. The molecule has 4 rings (SSSR count). The van der Waals surface area contributed by atoms with Crippen LogP contribution in [0.1, 0.15) is 17.7 Å². The van der Waals surface area contributed by atoms with Crippen LogP contribution in [0.5, 0.6) is 5.88 Å². The third kappa shape index (κ3) is 3.58. The van der Waals surface area contributed by atoms with Gasteiger partial charge in [-0.25, -0.2) is 9.37 Å². The van der Waals surface area contributed by atoms with Gasteiger partial charge in [0.25, 0.3) is 0 Å².